The molecule has 4 aromatic heterocycles. The van der Waals surface area contributed by atoms with Crippen molar-refractivity contribution < 1.29 is 4.74 Å². The van der Waals surface area contributed by atoms with Gasteiger partial charge in [-0.25, -0.2) is 4.98 Å². The molecule has 33 heavy (non-hydrogen) atoms. The van der Waals surface area contributed by atoms with Gasteiger partial charge in [-0.2, -0.15) is 20.6 Å². The summed E-state index contributed by atoms with van der Waals surface area (Å²) in [6, 6.07) is 6.06. The monoisotopic (exact) mass is 443 g/mol. The Morgan fingerprint density at radius 3 is 2.82 bits per heavy atom. The quantitative estimate of drug-likeness (QED) is 0.481. The van der Waals surface area contributed by atoms with Gasteiger partial charge in [-0.05, 0) is 38.7 Å². The second-order valence-electron chi connectivity index (χ2n) is 8.22. The number of pyridine rings is 1. The largest absolute Gasteiger partial charge is 0.472 e. The van der Waals surface area contributed by atoms with Crippen LogP contribution < -0.4 is 10.1 Å². The molecule has 1 saturated carbocycles. The molecule has 0 unspecified atom stereocenters. The van der Waals surface area contributed by atoms with E-state index in [2.05, 4.69) is 49.3 Å². The van der Waals surface area contributed by atoms with E-state index < -0.39 is 0 Å². The number of hydrogen-bond acceptors (Lipinski definition) is 8. The lowest BCUT2D eigenvalue weighted by Crippen LogP contribution is -2.27. The van der Waals surface area contributed by atoms with Gasteiger partial charge in [0.15, 0.2) is 0 Å². The first-order chi connectivity index (χ1) is 16.2. The molecule has 0 aromatic carbocycles. The smallest absolute Gasteiger partial charge is 0.251 e. The molecule has 0 atom stereocenters. The van der Waals surface area contributed by atoms with Gasteiger partial charge in [0.05, 0.1) is 24.0 Å². The molecule has 1 fully saturated rings. The minimum absolute atomic E-state index is 0.00339. The van der Waals surface area contributed by atoms with Crippen LogP contribution in [0.3, 0.4) is 0 Å². The van der Waals surface area contributed by atoms with E-state index in [9.17, 15) is 5.26 Å². The second-order valence-corrected chi connectivity index (χ2v) is 8.22. The molecule has 1 aliphatic rings. The Morgan fingerprint density at radius 2 is 2.09 bits per heavy atom. The van der Waals surface area contributed by atoms with Crippen LogP contribution in [0.4, 0.5) is 5.82 Å². The molecule has 0 saturated heterocycles. The van der Waals surface area contributed by atoms with Crippen LogP contribution in [0.1, 0.15) is 44.2 Å². The average molecular weight is 444 g/mol. The maximum Gasteiger partial charge on any atom is 0.251 e. The van der Waals surface area contributed by atoms with Gasteiger partial charge in [0.25, 0.3) is 5.88 Å². The zero-order chi connectivity index (χ0) is 22.8. The van der Waals surface area contributed by atoms with Gasteiger partial charge in [0.1, 0.15) is 29.2 Å². The summed E-state index contributed by atoms with van der Waals surface area (Å²) in [5.74, 6) is 1.15. The lowest BCUT2D eigenvalue weighted by molar-refractivity contribution is 0.124. The molecule has 168 valence electrons. The molecule has 1 aliphatic carbocycles. The number of nitrogens with zero attached hydrogens (tertiary/aromatic N) is 8. The van der Waals surface area contributed by atoms with E-state index in [1.807, 2.05) is 25.6 Å². The Bertz CT molecular complexity index is 1310. The van der Waals surface area contributed by atoms with Crippen LogP contribution in [0.15, 0.2) is 36.9 Å². The van der Waals surface area contributed by atoms with Gasteiger partial charge in [0, 0.05) is 43.0 Å². The van der Waals surface area contributed by atoms with Crippen molar-refractivity contribution in [3.05, 3.63) is 42.5 Å². The molecule has 4 aromatic rings. The Morgan fingerprint density at radius 1 is 1.24 bits per heavy atom. The van der Waals surface area contributed by atoms with Crippen molar-refractivity contribution in [2.45, 2.75) is 44.8 Å². The van der Waals surface area contributed by atoms with Crippen LogP contribution in [0.25, 0.3) is 22.2 Å². The number of aromatic nitrogens is 7. The summed E-state index contributed by atoms with van der Waals surface area (Å²) < 4.78 is 9.94. The van der Waals surface area contributed by atoms with Crippen LogP contribution in [0.2, 0.25) is 0 Å². The van der Waals surface area contributed by atoms with Gasteiger partial charge >= 0.3 is 0 Å². The molecule has 4 heterocycles. The van der Waals surface area contributed by atoms with E-state index in [-0.39, 0.29) is 12.1 Å². The molecule has 0 amide bonds. The minimum atomic E-state index is 0.00339. The van der Waals surface area contributed by atoms with Crippen molar-refractivity contribution in [3.63, 3.8) is 0 Å². The highest BCUT2D eigenvalue weighted by molar-refractivity contribution is 5.93. The average Bonchev–Trinajstić information content (AvgIpc) is 3.43. The van der Waals surface area contributed by atoms with Gasteiger partial charge in [-0.1, -0.05) is 0 Å². The molecule has 0 bridgehead atoms. The lowest BCUT2D eigenvalue weighted by Gasteiger charge is -2.29. The summed E-state index contributed by atoms with van der Waals surface area (Å²) in [4.78, 5) is 4.57. The summed E-state index contributed by atoms with van der Waals surface area (Å²) >= 11 is 0. The predicted octanol–water partition coefficient (Wildman–Crippen LogP) is 3.49. The first-order valence-electron chi connectivity index (χ1n) is 11.2. The van der Waals surface area contributed by atoms with E-state index in [1.54, 1.807) is 10.7 Å². The second kappa shape index (κ2) is 8.86. The highest BCUT2D eigenvalue weighted by Gasteiger charge is 2.27. The number of rotatable bonds is 6. The molecular formula is C23H25N9O. The van der Waals surface area contributed by atoms with Crippen molar-refractivity contribution >= 4 is 16.7 Å². The number of aryl methyl sites for hydroxylation is 1. The molecule has 0 radical (unpaired) electrons. The predicted molar refractivity (Wildman–Crippen MR) is 123 cm³/mol. The first kappa shape index (κ1) is 20.9. The van der Waals surface area contributed by atoms with Crippen LogP contribution in [-0.2, 0) is 7.05 Å². The van der Waals surface area contributed by atoms with E-state index in [4.69, 9.17) is 9.84 Å². The summed E-state index contributed by atoms with van der Waals surface area (Å²) in [5.41, 5.74) is 3.34. The topological polar surface area (TPSA) is 119 Å². The lowest BCUT2D eigenvalue weighted by atomic mass is 9.93. The number of ether oxygens (including phenoxy) is 1. The molecule has 0 spiro atoms. The summed E-state index contributed by atoms with van der Waals surface area (Å²) in [7, 11) is 1.90. The summed E-state index contributed by atoms with van der Waals surface area (Å²) in [6.07, 6.45) is 10.7. The van der Waals surface area contributed by atoms with Gasteiger partial charge in [-0.3, -0.25) is 9.36 Å². The zero-order valence-corrected chi connectivity index (χ0v) is 18.6. The molecular weight excluding hydrogens is 418 g/mol. The molecule has 10 heteroatoms. The molecule has 0 aliphatic heterocycles. The van der Waals surface area contributed by atoms with E-state index in [0.717, 1.165) is 60.2 Å². The molecule has 10 nitrogen and oxygen atoms in total. The molecule has 1 N–H and O–H groups in total. The van der Waals surface area contributed by atoms with Crippen molar-refractivity contribution in [1.29, 1.82) is 5.26 Å². The van der Waals surface area contributed by atoms with Gasteiger partial charge in [0.2, 0.25) is 0 Å². The maximum atomic E-state index is 9.27. The number of anilines is 1. The van der Waals surface area contributed by atoms with Gasteiger partial charge < -0.3 is 10.1 Å². The normalized spacial score (nSPS) is 18.2. The van der Waals surface area contributed by atoms with Crippen LogP contribution in [0, 0.1) is 11.3 Å². The zero-order valence-electron chi connectivity index (χ0n) is 18.6. The fourth-order valence-electron chi connectivity index (χ4n) is 4.40. The van der Waals surface area contributed by atoms with Crippen molar-refractivity contribution in [2.24, 2.45) is 7.05 Å². The third-order valence-electron chi connectivity index (χ3n) is 6.00. The third kappa shape index (κ3) is 4.09. The highest BCUT2D eigenvalue weighted by Crippen LogP contribution is 2.36. The van der Waals surface area contributed by atoms with Crippen molar-refractivity contribution in [1.82, 2.24) is 34.7 Å². The van der Waals surface area contributed by atoms with Crippen molar-refractivity contribution in [3.8, 4) is 23.2 Å². The highest BCUT2D eigenvalue weighted by atomic mass is 16.5. The van der Waals surface area contributed by atoms with Crippen LogP contribution in [-0.4, -0.2) is 47.4 Å². The number of nitriles is 1. The number of hydrogen-bond donors (Lipinski definition) is 1. The first-order valence-corrected chi connectivity index (χ1v) is 11.2. The Balaban J connectivity index is 1.41. The van der Waals surface area contributed by atoms with E-state index >= 15 is 0 Å². The molecule has 5 rings (SSSR count). The Labute approximate surface area is 191 Å². The fourth-order valence-corrected chi connectivity index (χ4v) is 4.40. The SMILES string of the molecule is CCNc1cc2c(cn1)c(-c1cnn(C)c1)nn2[C@H]1CC[C@@H](Oc2nnccc2C#N)CC1. The Kier molecular flexibility index (Phi) is 5.60. The van der Waals surface area contributed by atoms with Crippen molar-refractivity contribution in [2.75, 3.05) is 11.9 Å². The standard InChI is InChI=1S/C23H25N9O/c1-3-25-21-10-20-19(13-26-21)22(16-12-28-31(2)14-16)30-32(20)17-4-6-18(7-5-17)33-23-15(11-24)8-9-27-29-23/h8-10,12-14,17-18H,3-7H2,1-2H3,(H,25,26)/t17-,18+. The fraction of sp³-hybridized carbons (Fsp3) is 0.391. The Hall–Kier alpha value is -4.00. The summed E-state index contributed by atoms with van der Waals surface area (Å²) in [6.45, 7) is 2.86. The van der Waals surface area contributed by atoms with Crippen LogP contribution in [0.5, 0.6) is 5.88 Å². The number of nitrogens with one attached hydrogen (secondary N) is 1. The number of fused-ring (bicyclic) bond motifs is 1. The van der Waals surface area contributed by atoms with Crippen LogP contribution >= 0.6 is 0 Å². The minimum Gasteiger partial charge on any atom is -0.472 e. The summed E-state index contributed by atoms with van der Waals surface area (Å²) in [5, 5.41) is 30.8. The maximum absolute atomic E-state index is 9.27. The van der Waals surface area contributed by atoms with Gasteiger partial charge in [-0.15, -0.1) is 5.10 Å². The van der Waals surface area contributed by atoms with E-state index in [0.29, 0.717) is 11.4 Å². The van der Waals surface area contributed by atoms with E-state index in [1.165, 1.54) is 6.20 Å². The third-order valence-corrected chi connectivity index (χ3v) is 6.00.